The van der Waals surface area contributed by atoms with Crippen molar-refractivity contribution in [1.29, 1.82) is 0 Å². The Kier molecular flexibility index (Phi) is 2.79. The van der Waals surface area contributed by atoms with E-state index < -0.39 is 11.9 Å². The molecule has 0 spiro atoms. The van der Waals surface area contributed by atoms with E-state index in [4.69, 9.17) is 5.84 Å². The van der Waals surface area contributed by atoms with Gasteiger partial charge in [0.25, 0.3) is 0 Å². The van der Waals surface area contributed by atoms with Gasteiger partial charge >= 0.3 is 6.18 Å². The van der Waals surface area contributed by atoms with Crippen molar-refractivity contribution in [2.75, 3.05) is 0 Å². The van der Waals surface area contributed by atoms with Crippen LogP contribution in [0, 0.1) is 0 Å². The number of hydrogen-bond acceptors (Lipinski definition) is 4. The number of halogens is 3. The molecule has 0 unspecified atom stereocenters. The highest BCUT2D eigenvalue weighted by molar-refractivity contribution is 5.10. The van der Waals surface area contributed by atoms with E-state index in [-0.39, 0.29) is 12.2 Å². The van der Waals surface area contributed by atoms with Gasteiger partial charge in [0.05, 0.1) is 12.2 Å². The molecule has 1 aromatic rings. The third kappa shape index (κ3) is 2.63. The van der Waals surface area contributed by atoms with E-state index in [1.54, 1.807) is 0 Å². The number of nitrogens with two attached hydrogens (primary N) is 1. The quantitative estimate of drug-likeness (QED) is 0.527. The average Bonchev–Trinajstić information content (AvgIpc) is 2.04. The Bertz CT molecular complexity index is 285. The van der Waals surface area contributed by atoms with Crippen molar-refractivity contribution in [2.24, 2.45) is 5.84 Å². The van der Waals surface area contributed by atoms with Crippen LogP contribution in [-0.4, -0.2) is 9.97 Å². The summed E-state index contributed by atoms with van der Waals surface area (Å²) in [5.41, 5.74) is 1.44. The highest BCUT2D eigenvalue weighted by atomic mass is 19.4. The van der Waals surface area contributed by atoms with Crippen LogP contribution in [0.25, 0.3) is 0 Å². The van der Waals surface area contributed by atoms with E-state index in [2.05, 4.69) is 15.4 Å². The second kappa shape index (κ2) is 3.67. The Balaban J connectivity index is 2.92. The summed E-state index contributed by atoms with van der Waals surface area (Å²) in [7, 11) is 0. The topological polar surface area (TPSA) is 63.8 Å². The molecule has 0 radical (unpaired) electrons. The van der Waals surface area contributed by atoms with Crippen molar-refractivity contribution in [3.8, 4) is 0 Å². The van der Waals surface area contributed by atoms with Crippen LogP contribution >= 0.6 is 0 Å². The van der Waals surface area contributed by atoms with Crippen LogP contribution in [0.5, 0.6) is 0 Å². The van der Waals surface area contributed by atoms with E-state index in [0.29, 0.717) is 0 Å². The summed E-state index contributed by atoms with van der Waals surface area (Å²) in [6, 6.07) is 0.847. The molecule has 13 heavy (non-hydrogen) atoms. The molecular formula is C6H7F3N4. The molecule has 0 aliphatic heterocycles. The minimum absolute atomic E-state index is 0.0750. The Morgan fingerprint density at radius 3 is 2.62 bits per heavy atom. The fraction of sp³-hybridized carbons (Fsp3) is 0.333. The minimum atomic E-state index is -4.44. The normalized spacial score (nSPS) is 11.7. The monoisotopic (exact) mass is 192 g/mol. The Morgan fingerprint density at radius 2 is 2.08 bits per heavy atom. The van der Waals surface area contributed by atoms with Crippen LogP contribution in [0.2, 0.25) is 0 Å². The maximum absolute atomic E-state index is 12.1. The van der Waals surface area contributed by atoms with Crippen molar-refractivity contribution in [3.05, 3.63) is 23.8 Å². The van der Waals surface area contributed by atoms with Gasteiger partial charge < -0.3 is 0 Å². The van der Waals surface area contributed by atoms with Gasteiger partial charge in [0.1, 0.15) is 12.0 Å². The first kappa shape index (κ1) is 9.87. The lowest BCUT2D eigenvalue weighted by Crippen LogP contribution is -2.22. The molecule has 0 saturated carbocycles. The first-order valence-electron chi connectivity index (χ1n) is 3.35. The van der Waals surface area contributed by atoms with Crippen LogP contribution in [0.3, 0.4) is 0 Å². The lowest BCUT2D eigenvalue weighted by molar-refractivity contribution is -0.141. The highest BCUT2D eigenvalue weighted by Gasteiger charge is 2.32. The standard InChI is InChI=1S/C6H7F3N4/c7-6(8,9)5-1-4(2-13-10)11-3-12-5/h1,3,13H,2,10H2. The van der Waals surface area contributed by atoms with Crippen molar-refractivity contribution >= 4 is 0 Å². The molecule has 0 fully saturated rings. The summed E-state index contributed by atoms with van der Waals surface area (Å²) >= 11 is 0. The molecule has 0 atom stereocenters. The third-order valence-electron chi connectivity index (χ3n) is 1.30. The third-order valence-corrected chi connectivity index (χ3v) is 1.30. The van der Waals surface area contributed by atoms with Crippen molar-refractivity contribution < 1.29 is 13.2 Å². The fourth-order valence-corrected chi connectivity index (χ4v) is 0.754. The van der Waals surface area contributed by atoms with E-state index >= 15 is 0 Å². The zero-order valence-corrected chi connectivity index (χ0v) is 6.47. The Hall–Kier alpha value is -1.21. The van der Waals surface area contributed by atoms with Crippen LogP contribution in [0.1, 0.15) is 11.4 Å². The molecule has 1 heterocycles. The van der Waals surface area contributed by atoms with Gasteiger partial charge in [-0.25, -0.2) is 9.97 Å². The predicted molar refractivity (Wildman–Crippen MR) is 38.1 cm³/mol. The van der Waals surface area contributed by atoms with Gasteiger partial charge in [0.15, 0.2) is 0 Å². The molecule has 0 aromatic carbocycles. The number of nitrogens with zero attached hydrogens (tertiary/aromatic N) is 2. The van der Waals surface area contributed by atoms with E-state index in [9.17, 15) is 13.2 Å². The van der Waals surface area contributed by atoms with E-state index in [0.717, 1.165) is 12.4 Å². The molecule has 3 N–H and O–H groups in total. The minimum Gasteiger partial charge on any atom is -0.271 e. The maximum atomic E-state index is 12.1. The second-order valence-electron chi connectivity index (χ2n) is 2.27. The smallest absolute Gasteiger partial charge is 0.271 e. The number of nitrogens with one attached hydrogen (secondary N) is 1. The lowest BCUT2D eigenvalue weighted by Gasteiger charge is -2.05. The van der Waals surface area contributed by atoms with Crippen LogP contribution < -0.4 is 11.3 Å². The molecular weight excluding hydrogens is 185 g/mol. The molecule has 1 aromatic heterocycles. The van der Waals surface area contributed by atoms with Gasteiger partial charge in [0, 0.05) is 0 Å². The number of alkyl halides is 3. The van der Waals surface area contributed by atoms with Gasteiger partial charge in [-0.2, -0.15) is 13.2 Å². The lowest BCUT2D eigenvalue weighted by atomic mass is 10.3. The summed E-state index contributed by atoms with van der Waals surface area (Å²) in [5.74, 6) is 4.93. The number of hydrazine groups is 1. The van der Waals surface area contributed by atoms with Gasteiger partial charge in [-0.3, -0.25) is 11.3 Å². The van der Waals surface area contributed by atoms with Crippen LogP contribution in [0.4, 0.5) is 13.2 Å². The molecule has 0 amide bonds. The molecule has 0 saturated heterocycles. The van der Waals surface area contributed by atoms with Crippen LogP contribution in [0.15, 0.2) is 12.4 Å². The molecule has 1 rings (SSSR count). The Labute approximate surface area is 72.0 Å². The SMILES string of the molecule is NNCc1cc(C(F)(F)F)ncn1. The first-order valence-corrected chi connectivity index (χ1v) is 3.35. The fourth-order valence-electron chi connectivity index (χ4n) is 0.754. The van der Waals surface area contributed by atoms with Gasteiger partial charge in [-0.05, 0) is 6.07 Å². The maximum Gasteiger partial charge on any atom is 0.433 e. The van der Waals surface area contributed by atoms with E-state index in [1.807, 2.05) is 0 Å². The predicted octanol–water partition coefficient (Wildman–Crippen LogP) is 0.459. The average molecular weight is 192 g/mol. The molecule has 72 valence electrons. The summed E-state index contributed by atoms with van der Waals surface area (Å²) in [6.45, 7) is 0.0750. The van der Waals surface area contributed by atoms with Crippen molar-refractivity contribution in [2.45, 2.75) is 12.7 Å². The summed E-state index contributed by atoms with van der Waals surface area (Å²) < 4.78 is 36.2. The highest BCUT2D eigenvalue weighted by Crippen LogP contribution is 2.27. The largest absolute Gasteiger partial charge is 0.433 e. The zero-order valence-electron chi connectivity index (χ0n) is 6.47. The summed E-state index contributed by atoms with van der Waals surface area (Å²) in [4.78, 5) is 6.68. The molecule has 7 heteroatoms. The number of rotatable bonds is 2. The molecule has 0 aliphatic rings. The van der Waals surface area contributed by atoms with E-state index in [1.165, 1.54) is 0 Å². The van der Waals surface area contributed by atoms with Crippen LogP contribution in [-0.2, 0) is 12.7 Å². The van der Waals surface area contributed by atoms with Gasteiger partial charge in [-0.1, -0.05) is 0 Å². The zero-order chi connectivity index (χ0) is 9.90. The number of hydrogen-bond donors (Lipinski definition) is 2. The Morgan fingerprint density at radius 1 is 1.38 bits per heavy atom. The molecule has 0 bridgehead atoms. The molecule has 4 nitrogen and oxygen atoms in total. The van der Waals surface area contributed by atoms with Crippen molar-refractivity contribution in [3.63, 3.8) is 0 Å². The summed E-state index contributed by atoms with van der Waals surface area (Å²) in [6.07, 6.45) is -3.58. The van der Waals surface area contributed by atoms with Crippen molar-refractivity contribution in [1.82, 2.24) is 15.4 Å². The number of aromatic nitrogens is 2. The second-order valence-corrected chi connectivity index (χ2v) is 2.27. The van der Waals surface area contributed by atoms with Gasteiger partial charge in [0.2, 0.25) is 0 Å². The first-order chi connectivity index (χ1) is 6.04. The van der Waals surface area contributed by atoms with Gasteiger partial charge in [-0.15, -0.1) is 0 Å². The summed E-state index contributed by atoms with van der Waals surface area (Å²) in [5, 5.41) is 0. The molecule has 0 aliphatic carbocycles.